The number of hydrogen-bond donors (Lipinski definition) is 1. The van der Waals surface area contributed by atoms with Gasteiger partial charge in [0.2, 0.25) is 5.91 Å². The Hall–Kier alpha value is -3.14. The summed E-state index contributed by atoms with van der Waals surface area (Å²) in [6.07, 6.45) is 3.26. The molecule has 4 heterocycles. The van der Waals surface area contributed by atoms with Crippen LogP contribution in [0.2, 0.25) is 5.02 Å². The minimum atomic E-state index is -0.180. The van der Waals surface area contributed by atoms with Crippen molar-refractivity contribution in [1.29, 1.82) is 0 Å². The highest BCUT2D eigenvalue weighted by molar-refractivity contribution is 7.99. The lowest BCUT2D eigenvalue weighted by Gasteiger charge is -2.12. The van der Waals surface area contributed by atoms with Crippen molar-refractivity contribution < 1.29 is 9.21 Å². The number of fused-ring (bicyclic) bond motifs is 3. The number of thioether (sulfide) groups is 1. The molecule has 0 spiro atoms. The number of furan rings is 1. The van der Waals surface area contributed by atoms with Crippen LogP contribution in [-0.2, 0) is 17.9 Å². The Morgan fingerprint density at radius 3 is 2.82 bits per heavy atom. The monoisotopic (exact) mass is 496 g/mol. The summed E-state index contributed by atoms with van der Waals surface area (Å²) in [5.41, 5.74) is 1.36. The summed E-state index contributed by atoms with van der Waals surface area (Å²) in [4.78, 5) is 35.8. The van der Waals surface area contributed by atoms with Crippen LogP contribution in [0.1, 0.15) is 11.3 Å². The lowest BCUT2D eigenvalue weighted by Crippen LogP contribution is -2.26. The van der Waals surface area contributed by atoms with Crippen molar-refractivity contribution in [3.8, 4) is 0 Å². The first-order chi connectivity index (χ1) is 16.1. The van der Waals surface area contributed by atoms with Gasteiger partial charge in [-0.1, -0.05) is 35.5 Å². The van der Waals surface area contributed by atoms with Crippen LogP contribution in [0.3, 0.4) is 0 Å². The molecule has 0 bridgehead atoms. The summed E-state index contributed by atoms with van der Waals surface area (Å²) in [5.74, 6) is 0.602. The van der Waals surface area contributed by atoms with Gasteiger partial charge in [0, 0.05) is 16.6 Å². The van der Waals surface area contributed by atoms with Crippen molar-refractivity contribution in [3.05, 3.63) is 87.7 Å². The molecule has 33 heavy (non-hydrogen) atoms. The number of nitrogens with one attached hydrogen (secondary N) is 1. The highest BCUT2D eigenvalue weighted by Gasteiger charge is 2.18. The van der Waals surface area contributed by atoms with Gasteiger partial charge in [-0.25, -0.2) is 9.97 Å². The fourth-order valence-electron chi connectivity index (χ4n) is 3.34. The molecule has 0 fully saturated rings. The number of halogens is 1. The number of hydrogen-bond acceptors (Lipinski definition) is 7. The van der Waals surface area contributed by atoms with Crippen molar-refractivity contribution in [1.82, 2.24) is 19.9 Å². The van der Waals surface area contributed by atoms with Gasteiger partial charge in [-0.3, -0.25) is 14.2 Å². The summed E-state index contributed by atoms with van der Waals surface area (Å²) in [6, 6.07) is 14.6. The van der Waals surface area contributed by atoms with Crippen LogP contribution in [0.25, 0.3) is 20.4 Å². The summed E-state index contributed by atoms with van der Waals surface area (Å²) < 4.78 is 7.39. The summed E-state index contributed by atoms with van der Waals surface area (Å²) in [6.45, 7) is 0.619. The van der Waals surface area contributed by atoms with E-state index in [4.69, 9.17) is 21.0 Å². The average molecular weight is 497 g/mol. The number of benzene rings is 1. The number of nitrogens with zero attached hydrogens (tertiary/aromatic N) is 3. The van der Waals surface area contributed by atoms with E-state index < -0.39 is 0 Å². The molecule has 0 saturated heterocycles. The van der Waals surface area contributed by atoms with E-state index in [-0.39, 0.29) is 17.2 Å². The fourth-order valence-corrected chi connectivity index (χ4v) is 5.32. The summed E-state index contributed by atoms with van der Waals surface area (Å²) in [7, 11) is 0. The maximum Gasteiger partial charge on any atom is 0.272 e. The second-order valence-electron chi connectivity index (χ2n) is 7.19. The maximum absolute atomic E-state index is 13.5. The SMILES string of the molecule is O=C(CSc1nc2c(sc3ncccc32)c(=O)n1Cc1ccc(Cl)cc1)NCc1ccco1. The highest BCUT2D eigenvalue weighted by atomic mass is 35.5. The minimum Gasteiger partial charge on any atom is -0.467 e. The third kappa shape index (κ3) is 4.66. The molecule has 10 heteroatoms. The van der Waals surface area contributed by atoms with Gasteiger partial charge in [0.05, 0.1) is 30.6 Å². The zero-order valence-corrected chi connectivity index (χ0v) is 19.5. The molecular weight excluding hydrogens is 480 g/mol. The second-order valence-corrected chi connectivity index (χ2v) is 9.57. The molecule has 0 atom stereocenters. The minimum absolute atomic E-state index is 0.111. The average Bonchev–Trinajstić information content (AvgIpc) is 3.48. The molecule has 0 aliphatic rings. The van der Waals surface area contributed by atoms with Crippen LogP contribution in [0.4, 0.5) is 0 Å². The molecule has 5 aromatic rings. The fraction of sp³-hybridized carbons (Fsp3) is 0.130. The van der Waals surface area contributed by atoms with Gasteiger partial charge < -0.3 is 9.73 Å². The Morgan fingerprint density at radius 2 is 2.03 bits per heavy atom. The smallest absolute Gasteiger partial charge is 0.272 e. The van der Waals surface area contributed by atoms with Crippen molar-refractivity contribution >= 4 is 61.0 Å². The lowest BCUT2D eigenvalue weighted by molar-refractivity contribution is -0.118. The number of aromatic nitrogens is 3. The first kappa shape index (κ1) is 21.7. The largest absolute Gasteiger partial charge is 0.467 e. The number of rotatable bonds is 7. The van der Waals surface area contributed by atoms with E-state index in [1.165, 1.54) is 23.1 Å². The van der Waals surface area contributed by atoms with Crippen LogP contribution in [0.5, 0.6) is 0 Å². The maximum atomic E-state index is 13.5. The third-order valence-electron chi connectivity index (χ3n) is 4.94. The normalized spacial score (nSPS) is 11.3. The molecular formula is C23H17ClN4O3S2. The van der Waals surface area contributed by atoms with Crippen molar-refractivity contribution in [2.75, 3.05) is 5.75 Å². The molecule has 1 aromatic carbocycles. The molecule has 0 radical (unpaired) electrons. The summed E-state index contributed by atoms with van der Waals surface area (Å²) >= 11 is 8.56. The molecule has 0 aliphatic heterocycles. The molecule has 5 rings (SSSR count). The van der Waals surface area contributed by atoms with E-state index in [0.717, 1.165) is 15.8 Å². The van der Waals surface area contributed by atoms with Crippen molar-refractivity contribution in [2.45, 2.75) is 18.2 Å². The Balaban J connectivity index is 1.48. The van der Waals surface area contributed by atoms with E-state index in [1.807, 2.05) is 24.3 Å². The van der Waals surface area contributed by atoms with Crippen molar-refractivity contribution in [3.63, 3.8) is 0 Å². The molecule has 0 aliphatic carbocycles. The Morgan fingerprint density at radius 1 is 1.18 bits per heavy atom. The van der Waals surface area contributed by atoms with Crippen LogP contribution in [0, 0.1) is 0 Å². The first-order valence-electron chi connectivity index (χ1n) is 10.0. The zero-order valence-electron chi connectivity index (χ0n) is 17.2. The van der Waals surface area contributed by atoms with Gasteiger partial charge >= 0.3 is 0 Å². The Bertz CT molecular complexity index is 1490. The van der Waals surface area contributed by atoms with Gasteiger partial charge in [-0.2, -0.15) is 0 Å². The number of amides is 1. The van der Waals surface area contributed by atoms with Crippen molar-refractivity contribution in [2.24, 2.45) is 0 Å². The number of pyridine rings is 1. The molecule has 7 nitrogen and oxygen atoms in total. The third-order valence-corrected chi connectivity index (χ3v) is 7.26. The van der Waals surface area contributed by atoms with E-state index in [2.05, 4.69) is 10.3 Å². The van der Waals surface area contributed by atoms with E-state index in [0.29, 0.717) is 39.2 Å². The van der Waals surface area contributed by atoms with Crippen LogP contribution >= 0.6 is 34.7 Å². The van der Waals surface area contributed by atoms with Gasteiger partial charge in [0.25, 0.3) is 5.56 Å². The van der Waals surface area contributed by atoms with E-state index >= 15 is 0 Å². The van der Waals surface area contributed by atoms with Gasteiger partial charge in [-0.15, -0.1) is 11.3 Å². The predicted octanol–water partition coefficient (Wildman–Crippen LogP) is 4.71. The molecule has 0 unspecified atom stereocenters. The topological polar surface area (TPSA) is 90.0 Å². The van der Waals surface area contributed by atoms with Gasteiger partial charge in [0.15, 0.2) is 5.16 Å². The zero-order chi connectivity index (χ0) is 22.8. The van der Waals surface area contributed by atoms with Crippen LogP contribution < -0.4 is 10.9 Å². The van der Waals surface area contributed by atoms with Gasteiger partial charge in [0.1, 0.15) is 15.3 Å². The van der Waals surface area contributed by atoms with Gasteiger partial charge in [-0.05, 0) is 42.0 Å². The molecule has 1 N–H and O–H groups in total. The highest BCUT2D eigenvalue weighted by Crippen LogP contribution is 2.30. The van der Waals surface area contributed by atoms with Crippen LogP contribution in [-0.4, -0.2) is 26.2 Å². The predicted molar refractivity (Wildman–Crippen MR) is 131 cm³/mol. The Labute approximate surface area is 201 Å². The Kier molecular flexibility index (Phi) is 6.17. The van der Waals surface area contributed by atoms with E-state index in [9.17, 15) is 9.59 Å². The lowest BCUT2D eigenvalue weighted by atomic mass is 10.2. The molecule has 4 aromatic heterocycles. The first-order valence-corrected chi connectivity index (χ1v) is 12.2. The number of carbonyl (C=O) groups excluding carboxylic acids is 1. The quantitative estimate of drug-likeness (QED) is 0.259. The van der Waals surface area contributed by atoms with E-state index in [1.54, 1.807) is 41.3 Å². The second kappa shape index (κ2) is 9.38. The molecule has 166 valence electrons. The molecule has 1 amide bonds. The molecule has 0 saturated carbocycles. The van der Waals surface area contributed by atoms with Crippen LogP contribution in [0.15, 0.2) is 75.4 Å². The standard InChI is InChI=1S/C23H17ClN4O3S2/c24-15-7-5-14(6-8-15)12-28-22(30)20-19(17-4-1-9-25-21(17)33-20)27-23(28)32-13-18(29)26-11-16-3-2-10-31-16/h1-10H,11-13H2,(H,26,29). The summed E-state index contributed by atoms with van der Waals surface area (Å²) in [5, 5.41) is 4.74. The number of thiophene rings is 1. The number of carbonyl (C=O) groups is 1.